The van der Waals surface area contributed by atoms with Crippen molar-refractivity contribution in [3.05, 3.63) is 106 Å². The molecule has 2 amide bonds. The lowest BCUT2D eigenvalue weighted by Gasteiger charge is -2.32. The molecule has 0 aliphatic heterocycles. The summed E-state index contributed by atoms with van der Waals surface area (Å²) in [5.41, 5.74) is 6.39. The summed E-state index contributed by atoms with van der Waals surface area (Å²) in [4.78, 5) is 29.1. The average molecular weight is 457 g/mol. The monoisotopic (exact) mass is 456 g/mol. The summed E-state index contributed by atoms with van der Waals surface area (Å²) in [7, 11) is 0. The van der Waals surface area contributed by atoms with Crippen molar-refractivity contribution in [2.24, 2.45) is 0 Å². The van der Waals surface area contributed by atoms with Gasteiger partial charge in [-0.15, -0.1) is 0 Å². The van der Waals surface area contributed by atoms with Gasteiger partial charge in [0, 0.05) is 19.0 Å². The van der Waals surface area contributed by atoms with E-state index in [1.807, 2.05) is 89.2 Å². The summed E-state index contributed by atoms with van der Waals surface area (Å²) in [5, 5.41) is 3.05. The van der Waals surface area contributed by atoms with Gasteiger partial charge in [-0.1, -0.05) is 78.4 Å². The number of nitrogens with zero attached hydrogens (tertiary/aromatic N) is 1. The van der Waals surface area contributed by atoms with Gasteiger partial charge in [-0.2, -0.15) is 0 Å². The van der Waals surface area contributed by atoms with Crippen LogP contribution in [0.5, 0.6) is 0 Å². The van der Waals surface area contributed by atoms with Gasteiger partial charge in [-0.3, -0.25) is 9.59 Å². The molecule has 0 radical (unpaired) electrons. The Kier molecular flexibility index (Phi) is 8.64. The molecule has 3 rings (SSSR count). The second-order valence-corrected chi connectivity index (χ2v) is 9.42. The van der Waals surface area contributed by atoms with Crippen LogP contribution in [0.2, 0.25) is 0 Å². The number of rotatable bonds is 9. The maximum absolute atomic E-state index is 13.9. The molecule has 3 aromatic rings. The minimum absolute atomic E-state index is 0.0137. The van der Waals surface area contributed by atoms with Gasteiger partial charge in [-0.05, 0) is 62.4 Å². The third-order valence-corrected chi connectivity index (χ3v) is 6.15. The minimum atomic E-state index is -0.609. The fourth-order valence-corrected chi connectivity index (χ4v) is 4.16. The van der Waals surface area contributed by atoms with Gasteiger partial charge in [-0.25, -0.2) is 0 Å². The molecule has 1 N–H and O–H groups in total. The predicted molar refractivity (Wildman–Crippen MR) is 139 cm³/mol. The maximum atomic E-state index is 13.9. The van der Waals surface area contributed by atoms with Gasteiger partial charge in [0.15, 0.2) is 0 Å². The van der Waals surface area contributed by atoms with Gasteiger partial charge in [0.1, 0.15) is 6.04 Å². The Morgan fingerprint density at radius 1 is 0.824 bits per heavy atom. The van der Waals surface area contributed by atoms with Crippen LogP contribution in [-0.4, -0.2) is 28.8 Å². The minimum Gasteiger partial charge on any atom is -0.352 e. The van der Waals surface area contributed by atoms with E-state index in [0.717, 1.165) is 33.4 Å². The summed E-state index contributed by atoms with van der Waals surface area (Å²) in [6.45, 7) is 10.4. The zero-order valence-electron chi connectivity index (χ0n) is 21.0. The standard InChI is InChI=1S/C30H36N2O2/c1-21(2)31-30(34)28(18-25-12-7-6-8-13-25)32(20-26-14-10-9-11-23(26)4)29(33)19-27-17-22(3)15-16-24(27)5/h6-17,21,28H,18-20H2,1-5H3,(H,31,34)/t28-/m1/s1. The fraction of sp³-hybridized carbons (Fsp3) is 0.333. The lowest BCUT2D eigenvalue weighted by atomic mass is 9.98. The molecule has 4 nitrogen and oxygen atoms in total. The predicted octanol–water partition coefficient (Wildman–Crippen LogP) is 5.32. The molecular formula is C30H36N2O2. The lowest BCUT2D eigenvalue weighted by molar-refractivity contribution is -0.141. The van der Waals surface area contributed by atoms with Crippen molar-refractivity contribution in [3.63, 3.8) is 0 Å². The van der Waals surface area contributed by atoms with Crippen molar-refractivity contribution < 1.29 is 9.59 Å². The number of hydrogen-bond acceptors (Lipinski definition) is 2. The highest BCUT2D eigenvalue weighted by molar-refractivity contribution is 5.89. The number of nitrogens with one attached hydrogen (secondary N) is 1. The SMILES string of the molecule is Cc1ccc(C)c(CC(=O)N(Cc2ccccc2C)[C@H](Cc2ccccc2)C(=O)NC(C)C)c1. The van der Waals surface area contributed by atoms with Crippen LogP contribution in [0.15, 0.2) is 72.8 Å². The Labute approximate surface area is 204 Å². The van der Waals surface area contributed by atoms with E-state index >= 15 is 0 Å². The van der Waals surface area contributed by atoms with Crippen molar-refractivity contribution in [3.8, 4) is 0 Å². The smallest absolute Gasteiger partial charge is 0.243 e. The molecule has 0 saturated carbocycles. The molecule has 1 atom stereocenters. The van der Waals surface area contributed by atoms with Crippen molar-refractivity contribution in [1.82, 2.24) is 10.2 Å². The van der Waals surface area contributed by atoms with E-state index < -0.39 is 6.04 Å². The molecule has 0 heterocycles. The van der Waals surface area contributed by atoms with Crippen molar-refractivity contribution in [1.29, 1.82) is 0 Å². The fourth-order valence-electron chi connectivity index (χ4n) is 4.16. The second kappa shape index (κ2) is 11.6. The van der Waals surface area contributed by atoms with Crippen molar-refractivity contribution >= 4 is 11.8 Å². The number of amides is 2. The van der Waals surface area contributed by atoms with Crippen LogP contribution in [0, 0.1) is 20.8 Å². The van der Waals surface area contributed by atoms with Gasteiger partial charge in [0.05, 0.1) is 6.42 Å². The second-order valence-electron chi connectivity index (χ2n) is 9.42. The molecule has 0 saturated heterocycles. The average Bonchev–Trinajstić information content (AvgIpc) is 2.80. The van der Waals surface area contributed by atoms with Crippen LogP contribution in [0.4, 0.5) is 0 Å². The van der Waals surface area contributed by atoms with Crippen molar-refractivity contribution in [2.75, 3.05) is 0 Å². The van der Waals surface area contributed by atoms with Gasteiger partial charge >= 0.3 is 0 Å². The Morgan fingerprint density at radius 3 is 2.15 bits per heavy atom. The first-order valence-electron chi connectivity index (χ1n) is 12.0. The van der Waals surface area contributed by atoms with Crippen LogP contribution in [0.25, 0.3) is 0 Å². The Hall–Kier alpha value is -3.40. The summed E-state index contributed by atoms with van der Waals surface area (Å²) in [6.07, 6.45) is 0.726. The van der Waals surface area contributed by atoms with Crippen molar-refractivity contribution in [2.45, 2.75) is 66.1 Å². The highest BCUT2D eigenvalue weighted by Crippen LogP contribution is 2.20. The van der Waals surface area contributed by atoms with Gasteiger partial charge in [0.25, 0.3) is 0 Å². The zero-order chi connectivity index (χ0) is 24.7. The summed E-state index contributed by atoms with van der Waals surface area (Å²) in [6, 6.07) is 23.5. The first kappa shape index (κ1) is 25.2. The van der Waals surface area contributed by atoms with Gasteiger partial charge < -0.3 is 10.2 Å². The van der Waals surface area contributed by atoms with E-state index in [9.17, 15) is 9.59 Å². The number of aryl methyl sites for hydroxylation is 3. The van der Waals surface area contributed by atoms with Crippen LogP contribution in [0.3, 0.4) is 0 Å². The highest BCUT2D eigenvalue weighted by Gasteiger charge is 2.31. The number of benzene rings is 3. The zero-order valence-corrected chi connectivity index (χ0v) is 21.0. The normalized spacial score (nSPS) is 11.8. The van der Waals surface area contributed by atoms with Crippen LogP contribution in [0.1, 0.15) is 47.2 Å². The number of hydrogen-bond donors (Lipinski definition) is 1. The van der Waals surface area contributed by atoms with Crippen LogP contribution >= 0.6 is 0 Å². The molecule has 178 valence electrons. The Balaban J connectivity index is 2.01. The van der Waals surface area contributed by atoms with E-state index in [0.29, 0.717) is 13.0 Å². The number of carbonyl (C=O) groups excluding carboxylic acids is 2. The molecule has 0 unspecified atom stereocenters. The van der Waals surface area contributed by atoms with E-state index in [2.05, 4.69) is 23.5 Å². The summed E-state index contributed by atoms with van der Waals surface area (Å²) in [5.74, 6) is -0.168. The molecule has 34 heavy (non-hydrogen) atoms. The molecular weight excluding hydrogens is 420 g/mol. The molecule has 0 spiro atoms. The van der Waals surface area contributed by atoms with E-state index in [1.54, 1.807) is 4.90 Å². The Bertz CT molecular complexity index is 1120. The maximum Gasteiger partial charge on any atom is 0.243 e. The largest absolute Gasteiger partial charge is 0.352 e. The van der Waals surface area contributed by atoms with E-state index in [1.165, 1.54) is 0 Å². The van der Waals surface area contributed by atoms with Crippen LogP contribution < -0.4 is 5.32 Å². The molecule has 3 aromatic carbocycles. The molecule has 4 heteroatoms. The Morgan fingerprint density at radius 2 is 1.47 bits per heavy atom. The molecule has 0 bridgehead atoms. The summed E-state index contributed by atoms with van der Waals surface area (Å²) < 4.78 is 0. The third kappa shape index (κ3) is 6.80. The molecule has 0 aliphatic rings. The molecule has 0 aromatic heterocycles. The van der Waals surface area contributed by atoms with Gasteiger partial charge in [0.2, 0.25) is 11.8 Å². The quantitative estimate of drug-likeness (QED) is 0.474. The topological polar surface area (TPSA) is 49.4 Å². The first-order chi connectivity index (χ1) is 16.2. The molecule has 0 aliphatic carbocycles. The highest BCUT2D eigenvalue weighted by atomic mass is 16.2. The van der Waals surface area contributed by atoms with E-state index in [-0.39, 0.29) is 24.3 Å². The number of carbonyl (C=O) groups is 2. The van der Waals surface area contributed by atoms with E-state index in [4.69, 9.17) is 0 Å². The lowest BCUT2D eigenvalue weighted by Crippen LogP contribution is -2.52. The molecule has 0 fully saturated rings. The van der Waals surface area contributed by atoms with Crippen LogP contribution in [-0.2, 0) is 29.0 Å². The third-order valence-electron chi connectivity index (χ3n) is 6.15. The summed E-state index contributed by atoms with van der Waals surface area (Å²) >= 11 is 0. The first-order valence-corrected chi connectivity index (χ1v) is 12.0.